The number of aromatic nitrogens is 3. The summed E-state index contributed by atoms with van der Waals surface area (Å²) >= 11 is 2.15. The third kappa shape index (κ3) is 3.70. The summed E-state index contributed by atoms with van der Waals surface area (Å²) in [7, 11) is 0. The van der Waals surface area contributed by atoms with E-state index in [4.69, 9.17) is 4.52 Å². The minimum Gasteiger partial charge on any atom is -0.336 e. The molecule has 0 aliphatic rings. The molecule has 0 aliphatic carbocycles. The van der Waals surface area contributed by atoms with Crippen LogP contribution >= 0.6 is 22.6 Å². The Morgan fingerprint density at radius 1 is 1.17 bits per heavy atom. The van der Waals surface area contributed by atoms with Gasteiger partial charge >= 0.3 is 0 Å². The number of amides is 1. The molecule has 0 bridgehead atoms. The van der Waals surface area contributed by atoms with Gasteiger partial charge in [-0.1, -0.05) is 28.9 Å². The molecule has 0 saturated heterocycles. The summed E-state index contributed by atoms with van der Waals surface area (Å²) in [5, 5.41) is 4.15. The first-order chi connectivity index (χ1) is 14.5. The van der Waals surface area contributed by atoms with Crippen molar-refractivity contribution in [2.24, 2.45) is 0 Å². The first-order valence-electron chi connectivity index (χ1n) is 9.05. The van der Waals surface area contributed by atoms with E-state index in [1.165, 1.54) is 24.2 Å². The molecule has 0 radical (unpaired) electrons. The minimum absolute atomic E-state index is 0.168. The molecule has 0 fully saturated rings. The van der Waals surface area contributed by atoms with Crippen LogP contribution < -0.4 is 4.90 Å². The van der Waals surface area contributed by atoms with Crippen LogP contribution in [-0.4, -0.2) is 21.0 Å². The number of hydrogen-bond acceptors (Lipinski definition) is 5. The van der Waals surface area contributed by atoms with E-state index in [-0.39, 0.29) is 23.0 Å². The molecule has 2 aromatic heterocycles. The average molecular weight is 514 g/mol. The first kappa shape index (κ1) is 20.1. The Balaban J connectivity index is 2.01. The van der Waals surface area contributed by atoms with Crippen molar-refractivity contribution in [1.82, 2.24) is 15.1 Å². The van der Waals surface area contributed by atoms with Crippen molar-refractivity contribution in [2.45, 2.75) is 13.8 Å². The second kappa shape index (κ2) is 8.31. The fourth-order valence-corrected chi connectivity index (χ4v) is 3.79. The zero-order valence-electron chi connectivity index (χ0n) is 16.1. The lowest BCUT2D eigenvalue weighted by Gasteiger charge is -2.20. The number of halogens is 2. The van der Waals surface area contributed by atoms with Gasteiger partial charge in [0.15, 0.2) is 0 Å². The van der Waals surface area contributed by atoms with E-state index in [0.29, 0.717) is 16.9 Å². The number of para-hydroxylation sites is 1. The molecule has 4 aromatic rings. The van der Waals surface area contributed by atoms with E-state index in [0.717, 1.165) is 9.13 Å². The maximum absolute atomic E-state index is 14.7. The van der Waals surface area contributed by atoms with Gasteiger partial charge in [0.2, 0.25) is 11.8 Å². The van der Waals surface area contributed by atoms with Crippen molar-refractivity contribution in [1.29, 1.82) is 0 Å². The predicted molar refractivity (Wildman–Crippen MR) is 120 cm³/mol. The van der Waals surface area contributed by atoms with Gasteiger partial charge in [0.25, 0.3) is 0 Å². The average Bonchev–Trinajstić information content (AvgIpc) is 3.16. The van der Waals surface area contributed by atoms with Gasteiger partial charge in [0.1, 0.15) is 17.8 Å². The number of aryl methyl sites for hydroxylation is 1. The van der Waals surface area contributed by atoms with E-state index < -0.39 is 5.82 Å². The van der Waals surface area contributed by atoms with Crippen LogP contribution in [0.25, 0.3) is 22.5 Å². The number of carbonyl (C=O) groups is 1. The van der Waals surface area contributed by atoms with Crippen molar-refractivity contribution < 1.29 is 13.7 Å². The molecule has 8 heteroatoms. The van der Waals surface area contributed by atoms with Crippen LogP contribution in [0.15, 0.2) is 65.6 Å². The maximum Gasteiger partial charge on any atom is 0.248 e. The van der Waals surface area contributed by atoms with Gasteiger partial charge in [-0.3, -0.25) is 4.79 Å². The van der Waals surface area contributed by atoms with Crippen molar-refractivity contribution in [3.63, 3.8) is 0 Å². The van der Waals surface area contributed by atoms with Crippen LogP contribution in [0.2, 0.25) is 0 Å². The highest BCUT2D eigenvalue weighted by Crippen LogP contribution is 2.42. The second-order valence-corrected chi connectivity index (χ2v) is 7.76. The summed E-state index contributed by atoms with van der Waals surface area (Å²) in [5.74, 6) is -0.553. The summed E-state index contributed by atoms with van der Waals surface area (Å²) in [6, 6.07) is 13.8. The molecule has 0 saturated carbocycles. The quantitative estimate of drug-likeness (QED) is 0.335. The molecule has 0 unspecified atom stereocenters. The molecule has 4 rings (SSSR count). The number of nitrogens with zero attached hydrogens (tertiary/aromatic N) is 4. The predicted octanol–water partition coefficient (Wildman–Crippen LogP) is 5.54. The highest BCUT2D eigenvalue weighted by molar-refractivity contribution is 14.1. The zero-order valence-corrected chi connectivity index (χ0v) is 18.3. The van der Waals surface area contributed by atoms with Crippen LogP contribution in [0.3, 0.4) is 0 Å². The first-order valence-corrected chi connectivity index (χ1v) is 10.1. The number of hydrogen-bond donors (Lipinski definition) is 0. The van der Waals surface area contributed by atoms with Crippen LogP contribution in [0.4, 0.5) is 16.0 Å². The Hall–Kier alpha value is -3.14. The molecule has 1 amide bonds. The third-order valence-corrected chi connectivity index (χ3v) is 5.41. The maximum atomic E-state index is 14.7. The van der Waals surface area contributed by atoms with Gasteiger partial charge in [-0.15, -0.1) is 0 Å². The molecule has 2 heterocycles. The van der Waals surface area contributed by atoms with Gasteiger partial charge in [-0.2, -0.15) is 0 Å². The number of benzene rings is 2. The Labute approximate surface area is 185 Å². The summed E-state index contributed by atoms with van der Waals surface area (Å²) in [4.78, 5) is 22.4. The van der Waals surface area contributed by atoms with Crippen molar-refractivity contribution >= 4 is 40.1 Å². The fourth-order valence-electron chi connectivity index (χ4n) is 3.16. The smallest absolute Gasteiger partial charge is 0.248 e. The van der Waals surface area contributed by atoms with Gasteiger partial charge in [0.05, 0.1) is 16.9 Å². The van der Waals surface area contributed by atoms with Crippen molar-refractivity contribution in [3.05, 3.63) is 76.0 Å². The van der Waals surface area contributed by atoms with Crippen LogP contribution in [-0.2, 0) is 4.79 Å². The standard InChI is InChI=1S/C22H16FIN4O2/c1-13-7-8-16(23)15(11-13)21-20(18-9-10-25-12-26-18)22(30-27-21)28(14(2)29)19-6-4-3-5-17(19)24/h3-12H,1-2H3. The molecular weight excluding hydrogens is 498 g/mol. The van der Waals surface area contributed by atoms with Crippen LogP contribution in [0, 0.1) is 16.3 Å². The monoisotopic (exact) mass is 514 g/mol. The Morgan fingerprint density at radius 3 is 2.67 bits per heavy atom. The summed E-state index contributed by atoms with van der Waals surface area (Å²) < 4.78 is 21.2. The lowest BCUT2D eigenvalue weighted by Crippen LogP contribution is -2.23. The van der Waals surface area contributed by atoms with Gasteiger partial charge in [0, 0.05) is 22.3 Å². The summed E-state index contributed by atoms with van der Waals surface area (Å²) in [6.07, 6.45) is 2.95. The Bertz CT molecular complexity index is 1230. The largest absolute Gasteiger partial charge is 0.336 e. The van der Waals surface area contributed by atoms with E-state index in [9.17, 15) is 9.18 Å². The molecule has 6 nitrogen and oxygen atoms in total. The zero-order chi connectivity index (χ0) is 21.3. The van der Waals surface area contributed by atoms with Crippen LogP contribution in [0.1, 0.15) is 12.5 Å². The number of rotatable bonds is 4. The van der Waals surface area contributed by atoms with Gasteiger partial charge in [-0.25, -0.2) is 19.3 Å². The molecule has 0 atom stereocenters. The molecular formula is C22H16FIN4O2. The Kier molecular flexibility index (Phi) is 5.58. The summed E-state index contributed by atoms with van der Waals surface area (Å²) in [6.45, 7) is 3.30. The van der Waals surface area contributed by atoms with E-state index >= 15 is 0 Å². The highest BCUT2D eigenvalue weighted by atomic mass is 127. The SMILES string of the molecule is CC(=O)N(c1ccccc1I)c1onc(-c2cc(C)ccc2F)c1-c1ccncn1. The fraction of sp³-hybridized carbons (Fsp3) is 0.0909. The highest BCUT2D eigenvalue weighted by Gasteiger charge is 2.30. The molecule has 0 aliphatic heterocycles. The van der Waals surface area contributed by atoms with Gasteiger partial charge in [-0.05, 0) is 59.8 Å². The van der Waals surface area contributed by atoms with E-state index in [1.807, 2.05) is 31.2 Å². The number of anilines is 2. The normalized spacial score (nSPS) is 10.8. The van der Waals surface area contributed by atoms with Crippen molar-refractivity contribution in [2.75, 3.05) is 4.90 Å². The molecule has 2 aromatic carbocycles. The lowest BCUT2D eigenvalue weighted by atomic mass is 10.0. The lowest BCUT2D eigenvalue weighted by molar-refractivity contribution is -0.116. The van der Waals surface area contributed by atoms with Gasteiger partial charge < -0.3 is 4.52 Å². The summed E-state index contributed by atoms with van der Waals surface area (Å²) in [5.41, 5.74) is 2.91. The molecule has 0 spiro atoms. The minimum atomic E-state index is -0.445. The second-order valence-electron chi connectivity index (χ2n) is 6.60. The molecule has 30 heavy (non-hydrogen) atoms. The van der Waals surface area contributed by atoms with Crippen LogP contribution in [0.5, 0.6) is 0 Å². The van der Waals surface area contributed by atoms with E-state index in [2.05, 4.69) is 37.7 Å². The topological polar surface area (TPSA) is 72.1 Å². The van der Waals surface area contributed by atoms with Crippen molar-refractivity contribution in [3.8, 4) is 22.5 Å². The van der Waals surface area contributed by atoms with E-state index in [1.54, 1.807) is 24.4 Å². The third-order valence-electron chi connectivity index (χ3n) is 4.50. The Morgan fingerprint density at radius 2 is 1.97 bits per heavy atom. The molecule has 0 N–H and O–H groups in total. The molecule has 150 valence electrons. The number of carbonyl (C=O) groups excluding carboxylic acids is 1.